The van der Waals surface area contributed by atoms with Gasteiger partial charge in [-0.05, 0) is 39.7 Å². The molecule has 0 radical (unpaired) electrons. The molecule has 1 fully saturated rings. The third-order valence-corrected chi connectivity index (χ3v) is 6.02. The summed E-state index contributed by atoms with van der Waals surface area (Å²) in [5, 5.41) is 2.00. The van der Waals surface area contributed by atoms with Gasteiger partial charge in [-0.2, -0.15) is 5.01 Å². The molecular formula is C20H31N2O+. The van der Waals surface area contributed by atoms with Crippen molar-refractivity contribution in [1.82, 2.24) is 5.01 Å². The van der Waals surface area contributed by atoms with Gasteiger partial charge in [0, 0.05) is 18.9 Å². The second-order valence-electron chi connectivity index (χ2n) is 8.02. The number of likely N-dealkylation sites (tertiary alicyclic amines) is 1. The molecule has 2 rings (SSSR count). The topological polar surface area (TPSA) is 20.3 Å². The standard InChI is InChI=1S/C20H31N2O/c1-7-18(23)21(16-17-12-9-8-10-13-17)22(6)19(2,3)14-11-15-20(22,4)5/h7-10,12-13H,1,11,14-16H2,2-6H3/q+1. The first kappa shape index (κ1) is 17.7. The van der Waals surface area contributed by atoms with Crippen LogP contribution in [0.1, 0.15) is 52.5 Å². The summed E-state index contributed by atoms with van der Waals surface area (Å²) in [4.78, 5) is 12.8. The van der Waals surface area contributed by atoms with E-state index in [2.05, 4.69) is 53.5 Å². The van der Waals surface area contributed by atoms with E-state index in [1.165, 1.54) is 12.5 Å². The van der Waals surface area contributed by atoms with Gasteiger partial charge in [-0.25, -0.2) is 4.59 Å². The van der Waals surface area contributed by atoms with Crippen molar-refractivity contribution in [2.75, 3.05) is 7.05 Å². The highest BCUT2D eigenvalue weighted by molar-refractivity contribution is 5.86. The third-order valence-electron chi connectivity index (χ3n) is 6.02. The average molecular weight is 315 g/mol. The second-order valence-corrected chi connectivity index (χ2v) is 8.02. The van der Waals surface area contributed by atoms with Gasteiger partial charge in [0.05, 0.1) is 13.6 Å². The van der Waals surface area contributed by atoms with Gasteiger partial charge in [0.25, 0.3) is 5.91 Å². The van der Waals surface area contributed by atoms with Gasteiger partial charge in [0.2, 0.25) is 0 Å². The van der Waals surface area contributed by atoms with Crippen molar-refractivity contribution in [3.8, 4) is 0 Å². The molecule has 0 atom stereocenters. The molecule has 1 aromatic carbocycles. The molecule has 0 bridgehead atoms. The summed E-state index contributed by atoms with van der Waals surface area (Å²) in [6.45, 7) is 13.5. The quantitative estimate of drug-likeness (QED) is 0.599. The van der Waals surface area contributed by atoms with E-state index in [0.717, 1.165) is 18.4 Å². The summed E-state index contributed by atoms with van der Waals surface area (Å²) in [6.07, 6.45) is 4.88. The molecule has 0 aliphatic carbocycles. The number of quaternary nitrogens is 1. The molecule has 0 unspecified atom stereocenters. The molecular weight excluding hydrogens is 284 g/mol. The normalized spacial score (nSPS) is 21.4. The second kappa shape index (κ2) is 6.12. The summed E-state index contributed by atoms with van der Waals surface area (Å²) < 4.78 is 0.611. The Labute approximate surface area is 141 Å². The molecule has 3 heteroatoms. The first-order valence-corrected chi connectivity index (χ1v) is 8.51. The zero-order valence-electron chi connectivity index (χ0n) is 15.3. The molecule has 1 heterocycles. The van der Waals surface area contributed by atoms with Crippen molar-refractivity contribution < 1.29 is 9.39 Å². The van der Waals surface area contributed by atoms with E-state index in [-0.39, 0.29) is 17.0 Å². The number of piperidine rings is 1. The summed E-state index contributed by atoms with van der Waals surface area (Å²) >= 11 is 0. The smallest absolute Gasteiger partial charge is 0.265 e. The van der Waals surface area contributed by atoms with Crippen LogP contribution in [0.25, 0.3) is 0 Å². The van der Waals surface area contributed by atoms with Gasteiger partial charge in [0.15, 0.2) is 0 Å². The fraction of sp³-hybridized carbons (Fsp3) is 0.550. The lowest BCUT2D eigenvalue weighted by Gasteiger charge is -2.62. The number of hydrogen-bond acceptors (Lipinski definition) is 1. The third kappa shape index (κ3) is 2.94. The predicted octanol–water partition coefficient (Wildman–Crippen LogP) is 4.30. The number of hydrogen-bond donors (Lipinski definition) is 0. The van der Waals surface area contributed by atoms with Gasteiger partial charge >= 0.3 is 0 Å². The lowest BCUT2D eigenvalue weighted by Crippen LogP contribution is -2.78. The van der Waals surface area contributed by atoms with Crippen LogP contribution in [-0.2, 0) is 11.3 Å². The molecule has 3 nitrogen and oxygen atoms in total. The highest BCUT2D eigenvalue weighted by atomic mass is 16.2. The minimum absolute atomic E-state index is 0.000553. The minimum atomic E-state index is -0.00476. The van der Waals surface area contributed by atoms with E-state index < -0.39 is 0 Å². The van der Waals surface area contributed by atoms with Crippen LogP contribution < -0.4 is 0 Å². The first-order valence-electron chi connectivity index (χ1n) is 8.51. The number of carbonyl (C=O) groups excluding carboxylic acids is 1. The van der Waals surface area contributed by atoms with Gasteiger partial charge in [-0.15, -0.1) is 0 Å². The van der Waals surface area contributed by atoms with Gasteiger partial charge in [-0.1, -0.05) is 36.9 Å². The lowest BCUT2D eigenvalue weighted by atomic mass is 9.78. The monoisotopic (exact) mass is 315 g/mol. The Morgan fingerprint density at radius 3 is 2.17 bits per heavy atom. The Morgan fingerprint density at radius 1 is 1.17 bits per heavy atom. The highest BCUT2D eigenvalue weighted by Gasteiger charge is 2.58. The molecule has 1 aliphatic heterocycles. The number of carbonyl (C=O) groups is 1. The Balaban J connectivity index is 2.51. The summed E-state index contributed by atoms with van der Waals surface area (Å²) in [5.41, 5.74) is 1.14. The molecule has 1 saturated heterocycles. The van der Waals surface area contributed by atoms with Crippen LogP contribution in [0, 0.1) is 0 Å². The number of amides is 1. The Bertz CT molecular complexity index is 559. The van der Waals surface area contributed by atoms with Crippen molar-refractivity contribution in [3.63, 3.8) is 0 Å². The van der Waals surface area contributed by atoms with Crippen LogP contribution in [0.3, 0.4) is 0 Å². The first-order chi connectivity index (χ1) is 10.7. The number of nitrogens with zero attached hydrogens (tertiary/aromatic N) is 2. The van der Waals surface area contributed by atoms with Crippen LogP contribution in [0.4, 0.5) is 0 Å². The molecule has 1 aliphatic rings. The number of benzene rings is 1. The van der Waals surface area contributed by atoms with Crippen LogP contribution in [0.5, 0.6) is 0 Å². The molecule has 1 aromatic rings. The zero-order valence-corrected chi connectivity index (χ0v) is 15.3. The largest absolute Gasteiger partial charge is 0.291 e. The van der Waals surface area contributed by atoms with E-state index in [9.17, 15) is 4.79 Å². The Morgan fingerprint density at radius 2 is 1.70 bits per heavy atom. The zero-order chi connectivity index (χ0) is 17.3. The number of rotatable bonds is 4. The maximum absolute atomic E-state index is 12.8. The molecule has 0 saturated carbocycles. The maximum Gasteiger partial charge on any atom is 0.291 e. The molecule has 0 aromatic heterocycles. The highest BCUT2D eigenvalue weighted by Crippen LogP contribution is 2.46. The molecule has 0 spiro atoms. The van der Waals surface area contributed by atoms with Crippen LogP contribution in [0.15, 0.2) is 43.0 Å². The van der Waals surface area contributed by atoms with Crippen LogP contribution >= 0.6 is 0 Å². The van der Waals surface area contributed by atoms with Crippen molar-refractivity contribution in [2.24, 2.45) is 0 Å². The molecule has 1 amide bonds. The SMILES string of the molecule is C=CC(=O)N(Cc1ccccc1)[N+]1(C)C(C)(C)CCCC1(C)C. The maximum atomic E-state index is 12.8. The minimum Gasteiger partial charge on any atom is -0.265 e. The van der Waals surface area contributed by atoms with E-state index >= 15 is 0 Å². The van der Waals surface area contributed by atoms with Crippen molar-refractivity contribution in [2.45, 2.75) is 64.6 Å². The predicted molar refractivity (Wildman–Crippen MR) is 95.4 cm³/mol. The van der Waals surface area contributed by atoms with Crippen LogP contribution in [0.2, 0.25) is 0 Å². The van der Waals surface area contributed by atoms with Crippen molar-refractivity contribution in [1.29, 1.82) is 0 Å². The van der Waals surface area contributed by atoms with Crippen molar-refractivity contribution in [3.05, 3.63) is 48.6 Å². The van der Waals surface area contributed by atoms with E-state index in [0.29, 0.717) is 11.1 Å². The summed E-state index contributed by atoms with van der Waals surface area (Å²) in [6, 6.07) is 10.2. The van der Waals surface area contributed by atoms with Gasteiger partial charge < -0.3 is 0 Å². The Hall–Kier alpha value is -1.61. The molecule has 0 N–H and O–H groups in total. The van der Waals surface area contributed by atoms with E-state index in [1.807, 2.05) is 23.2 Å². The fourth-order valence-electron chi connectivity index (χ4n) is 4.14. The molecule has 23 heavy (non-hydrogen) atoms. The summed E-state index contributed by atoms with van der Waals surface area (Å²) in [5.74, 6) is -0.000553. The van der Waals surface area contributed by atoms with Crippen molar-refractivity contribution >= 4 is 5.91 Å². The average Bonchev–Trinajstić information content (AvgIpc) is 2.50. The molecule has 126 valence electrons. The van der Waals surface area contributed by atoms with E-state index in [1.54, 1.807) is 0 Å². The Kier molecular flexibility index (Phi) is 4.72. The lowest BCUT2D eigenvalue weighted by molar-refractivity contribution is -1.09. The van der Waals surface area contributed by atoms with Gasteiger partial charge in [-0.3, -0.25) is 4.79 Å². The van der Waals surface area contributed by atoms with Gasteiger partial charge in [0.1, 0.15) is 11.1 Å². The fourth-order valence-corrected chi connectivity index (χ4v) is 4.14. The summed E-state index contributed by atoms with van der Waals surface area (Å²) in [7, 11) is 2.21. The van der Waals surface area contributed by atoms with Crippen LogP contribution in [-0.4, -0.2) is 33.6 Å². The van der Waals surface area contributed by atoms with E-state index in [4.69, 9.17) is 0 Å².